The molecule has 0 saturated heterocycles. The van der Waals surface area contributed by atoms with Crippen LogP contribution in [0.5, 0.6) is 0 Å². The van der Waals surface area contributed by atoms with Crippen molar-refractivity contribution in [3.05, 3.63) is 41.1 Å². The molecule has 0 radical (unpaired) electrons. The van der Waals surface area contributed by atoms with Crippen LogP contribution >= 0.6 is 0 Å². The summed E-state index contributed by atoms with van der Waals surface area (Å²) in [6.07, 6.45) is 0.602. The van der Waals surface area contributed by atoms with Gasteiger partial charge >= 0.3 is 5.97 Å². The van der Waals surface area contributed by atoms with E-state index in [0.717, 1.165) is 22.2 Å². The summed E-state index contributed by atoms with van der Waals surface area (Å²) in [5.74, 6) is -0.785. The summed E-state index contributed by atoms with van der Waals surface area (Å²) in [7, 11) is 0. The van der Waals surface area contributed by atoms with E-state index in [9.17, 15) is 4.79 Å². The normalized spacial score (nSPS) is 11.8. The Morgan fingerprint density at radius 3 is 2.55 bits per heavy atom. The fourth-order valence-electron chi connectivity index (χ4n) is 2.29. The minimum absolute atomic E-state index is 0.114. The first-order chi connectivity index (χ1) is 9.27. The molecule has 1 aromatic heterocycles. The summed E-state index contributed by atoms with van der Waals surface area (Å²) in [5, 5.41) is 9.91. The van der Waals surface area contributed by atoms with Crippen LogP contribution in [-0.2, 0) is 16.6 Å². The number of fused-ring (bicyclic) bond motifs is 1. The van der Waals surface area contributed by atoms with Crippen molar-refractivity contribution in [2.45, 2.75) is 46.0 Å². The molecule has 3 nitrogen and oxygen atoms in total. The lowest BCUT2D eigenvalue weighted by Gasteiger charge is -2.20. The Bertz CT molecular complexity index is 654. The number of aliphatic carboxylic acids is 1. The highest BCUT2D eigenvalue weighted by molar-refractivity contribution is 5.83. The van der Waals surface area contributed by atoms with Gasteiger partial charge in [-0.05, 0) is 41.7 Å². The highest BCUT2D eigenvalue weighted by Crippen LogP contribution is 2.27. The van der Waals surface area contributed by atoms with Gasteiger partial charge < -0.3 is 5.11 Å². The Balaban J connectivity index is 2.44. The molecule has 1 aromatic carbocycles. The number of carbonyl (C=O) groups is 1. The van der Waals surface area contributed by atoms with Crippen molar-refractivity contribution < 1.29 is 9.90 Å². The predicted octanol–water partition coefficient (Wildman–Crippen LogP) is 3.86. The fourth-order valence-corrected chi connectivity index (χ4v) is 2.29. The number of hydrogen-bond donors (Lipinski definition) is 1. The smallest absolute Gasteiger partial charge is 0.303 e. The van der Waals surface area contributed by atoms with Crippen molar-refractivity contribution >= 4 is 16.9 Å². The van der Waals surface area contributed by atoms with Gasteiger partial charge in [-0.25, -0.2) is 0 Å². The van der Waals surface area contributed by atoms with Gasteiger partial charge in [-0.3, -0.25) is 9.78 Å². The number of carboxylic acid groups (broad SMARTS) is 1. The molecule has 0 atom stereocenters. The van der Waals surface area contributed by atoms with Crippen LogP contribution in [0.1, 0.15) is 44.0 Å². The van der Waals surface area contributed by atoms with E-state index in [1.807, 2.05) is 12.1 Å². The highest BCUT2D eigenvalue weighted by atomic mass is 16.4. The van der Waals surface area contributed by atoms with Gasteiger partial charge in [-0.15, -0.1) is 0 Å². The molecule has 3 heteroatoms. The van der Waals surface area contributed by atoms with E-state index in [1.165, 1.54) is 5.56 Å². The first-order valence-corrected chi connectivity index (χ1v) is 6.90. The first kappa shape index (κ1) is 14.5. The van der Waals surface area contributed by atoms with Gasteiger partial charge in [-0.1, -0.05) is 26.8 Å². The number of aryl methyl sites for hydroxylation is 2. The molecular formula is C17H21NO2. The second-order valence-electron chi connectivity index (χ2n) is 6.31. The molecular weight excluding hydrogens is 250 g/mol. The Labute approximate surface area is 119 Å². The standard InChI is InChI=1S/C17H21NO2/c1-11-9-13(6-8-16(19)20)18-15-7-5-12(10-14(11)15)17(2,3)4/h5,7,9-10H,6,8H2,1-4H3,(H,19,20). The summed E-state index contributed by atoms with van der Waals surface area (Å²) >= 11 is 0. The van der Waals surface area contributed by atoms with Gasteiger partial charge in [0.1, 0.15) is 0 Å². The predicted molar refractivity (Wildman–Crippen MR) is 81.1 cm³/mol. The average molecular weight is 271 g/mol. The second kappa shape index (κ2) is 5.23. The number of nitrogens with zero attached hydrogens (tertiary/aromatic N) is 1. The molecule has 1 heterocycles. The third-order valence-corrected chi connectivity index (χ3v) is 3.53. The van der Waals surface area contributed by atoms with E-state index in [0.29, 0.717) is 6.42 Å². The van der Waals surface area contributed by atoms with Crippen LogP contribution in [-0.4, -0.2) is 16.1 Å². The van der Waals surface area contributed by atoms with Crippen LogP contribution < -0.4 is 0 Å². The maximum atomic E-state index is 10.6. The van der Waals surface area contributed by atoms with Crippen molar-refractivity contribution in [1.82, 2.24) is 4.98 Å². The molecule has 0 aliphatic carbocycles. The average Bonchev–Trinajstić information content (AvgIpc) is 2.35. The zero-order valence-corrected chi connectivity index (χ0v) is 12.5. The van der Waals surface area contributed by atoms with E-state index < -0.39 is 5.97 Å². The van der Waals surface area contributed by atoms with Gasteiger partial charge in [0.15, 0.2) is 0 Å². The Hall–Kier alpha value is -1.90. The SMILES string of the molecule is Cc1cc(CCC(=O)O)nc2ccc(C(C)(C)C)cc12. The van der Waals surface area contributed by atoms with Crippen LogP contribution in [0.3, 0.4) is 0 Å². The summed E-state index contributed by atoms with van der Waals surface area (Å²) in [6.45, 7) is 8.63. The molecule has 0 aliphatic heterocycles. The molecule has 0 unspecified atom stereocenters. The number of carboxylic acids is 1. The van der Waals surface area contributed by atoms with Gasteiger partial charge in [0.25, 0.3) is 0 Å². The van der Waals surface area contributed by atoms with E-state index in [-0.39, 0.29) is 11.8 Å². The van der Waals surface area contributed by atoms with Crippen LogP contribution in [0, 0.1) is 6.92 Å². The van der Waals surface area contributed by atoms with Gasteiger partial charge in [0.2, 0.25) is 0 Å². The van der Waals surface area contributed by atoms with Crippen LogP contribution in [0.2, 0.25) is 0 Å². The van der Waals surface area contributed by atoms with E-state index in [4.69, 9.17) is 5.11 Å². The lowest BCUT2D eigenvalue weighted by Crippen LogP contribution is -2.11. The second-order valence-corrected chi connectivity index (χ2v) is 6.31. The van der Waals surface area contributed by atoms with Crippen LogP contribution in [0.4, 0.5) is 0 Å². The molecule has 20 heavy (non-hydrogen) atoms. The van der Waals surface area contributed by atoms with Gasteiger partial charge in [0, 0.05) is 17.5 Å². The highest BCUT2D eigenvalue weighted by Gasteiger charge is 2.15. The third kappa shape index (κ3) is 3.16. The van der Waals surface area contributed by atoms with Crippen molar-refractivity contribution in [1.29, 1.82) is 0 Å². The van der Waals surface area contributed by atoms with Gasteiger partial charge in [-0.2, -0.15) is 0 Å². The minimum atomic E-state index is -0.785. The van der Waals surface area contributed by atoms with E-state index >= 15 is 0 Å². The summed E-state index contributed by atoms with van der Waals surface area (Å²) in [4.78, 5) is 15.2. The molecule has 0 spiro atoms. The molecule has 1 N–H and O–H groups in total. The topological polar surface area (TPSA) is 50.2 Å². The van der Waals surface area contributed by atoms with E-state index in [1.54, 1.807) is 0 Å². The number of benzene rings is 1. The minimum Gasteiger partial charge on any atom is -0.481 e. The third-order valence-electron chi connectivity index (χ3n) is 3.53. The van der Waals surface area contributed by atoms with Crippen molar-refractivity contribution in [2.24, 2.45) is 0 Å². The summed E-state index contributed by atoms with van der Waals surface area (Å²) < 4.78 is 0. The zero-order valence-electron chi connectivity index (χ0n) is 12.5. The molecule has 106 valence electrons. The number of hydrogen-bond acceptors (Lipinski definition) is 2. The maximum Gasteiger partial charge on any atom is 0.303 e. The molecule has 0 amide bonds. The number of aromatic nitrogens is 1. The molecule has 0 saturated carbocycles. The quantitative estimate of drug-likeness (QED) is 0.922. The fraction of sp³-hybridized carbons (Fsp3) is 0.412. The number of rotatable bonds is 3. The molecule has 0 bridgehead atoms. The summed E-state index contributed by atoms with van der Waals surface area (Å²) in [5.41, 5.74) is 4.34. The van der Waals surface area contributed by atoms with Crippen molar-refractivity contribution in [3.8, 4) is 0 Å². The Morgan fingerprint density at radius 1 is 1.25 bits per heavy atom. The van der Waals surface area contributed by atoms with Gasteiger partial charge in [0.05, 0.1) is 11.9 Å². The van der Waals surface area contributed by atoms with Crippen molar-refractivity contribution in [2.75, 3.05) is 0 Å². The monoisotopic (exact) mass is 271 g/mol. The van der Waals surface area contributed by atoms with Crippen LogP contribution in [0.15, 0.2) is 24.3 Å². The molecule has 2 rings (SSSR count). The maximum absolute atomic E-state index is 10.6. The van der Waals surface area contributed by atoms with Crippen LogP contribution in [0.25, 0.3) is 10.9 Å². The molecule has 0 fully saturated rings. The Morgan fingerprint density at radius 2 is 1.95 bits per heavy atom. The largest absolute Gasteiger partial charge is 0.481 e. The summed E-state index contributed by atoms with van der Waals surface area (Å²) in [6, 6.07) is 8.33. The Kier molecular flexibility index (Phi) is 3.80. The lowest BCUT2D eigenvalue weighted by atomic mass is 9.86. The first-order valence-electron chi connectivity index (χ1n) is 6.90. The molecule has 2 aromatic rings. The zero-order chi connectivity index (χ0) is 14.9. The molecule has 0 aliphatic rings. The number of pyridine rings is 1. The van der Waals surface area contributed by atoms with Crippen molar-refractivity contribution in [3.63, 3.8) is 0 Å². The lowest BCUT2D eigenvalue weighted by molar-refractivity contribution is -0.136. The van der Waals surface area contributed by atoms with E-state index in [2.05, 4.69) is 44.8 Å².